The zero-order chi connectivity index (χ0) is 66.6. The zero-order valence-corrected chi connectivity index (χ0v) is 52.3. The summed E-state index contributed by atoms with van der Waals surface area (Å²) in [5, 5.41) is 4.67. The lowest BCUT2D eigenvalue weighted by Crippen LogP contribution is -2.39. The Morgan fingerprint density at radius 2 is 0.966 bits per heavy atom. The van der Waals surface area contributed by atoms with Crippen LogP contribution in [0, 0.1) is 58.3 Å². The zero-order valence-electron chi connectivity index (χ0n) is 51.5. The average Bonchev–Trinajstić information content (AvgIpc) is 1.87. The number of alkyl halides is 9. The van der Waals surface area contributed by atoms with E-state index >= 15 is 0 Å². The van der Waals surface area contributed by atoms with Gasteiger partial charge in [0.2, 0.25) is 23.6 Å². The Bertz CT molecular complexity index is 3270. The first-order valence-corrected chi connectivity index (χ1v) is 29.0. The minimum atomic E-state index is -4.80. The van der Waals surface area contributed by atoms with Crippen LogP contribution in [0.15, 0.2) is 91.0 Å². The first-order valence-electron chi connectivity index (χ1n) is 28.6. The highest BCUT2D eigenvalue weighted by molar-refractivity contribution is 6.31. The average molecular weight is 1280 g/mol. The second-order valence-electron chi connectivity index (χ2n) is 22.3. The molecule has 0 spiro atoms. The van der Waals surface area contributed by atoms with Gasteiger partial charge in [0.15, 0.2) is 0 Å². The maximum atomic E-state index is 13.1. The fraction of sp³-hybridized carbons (Fsp3) is 0.446. The number of amides is 4. The van der Waals surface area contributed by atoms with E-state index in [0.717, 1.165) is 75.8 Å². The molecule has 4 fully saturated rings. The summed E-state index contributed by atoms with van der Waals surface area (Å²) in [7, 11) is 3.98. The van der Waals surface area contributed by atoms with Gasteiger partial charge in [-0.1, -0.05) is 80.0 Å². The van der Waals surface area contributed by atoms with Crippen molar-refractivity contribution in [1.82, 2.24) is 0 Å². The van der Waals surface area contributed by atoms with Gasteiger partial charge in [-0.25, -0.2) is 0 Å². The van der Waals surface area contributed by atoms with Gasteiger partial charge in [-0.15, -0.1) is 0 Å². The first-order chi connectivity index (χ1) is 41.6. The summed E-state index contributed by atoms with van der Waals surface area (Å²) in [6, 6.07) is 21.8. The Hall–Kier alpha value is -7.66. The molecule has 4 amide bonds. The maximum absolute atomic E-state index is 13.1. The van der Waals surface area contributed by atoms with Crippen LogP contribution >= 0.6 is 11.6 Å². The van der Waals surface area contributed by atoms with Gasteiger partial charge in [0.05, 0.1) is 47.7 Å². The molecule has 0 radical (unpaired) electrons. The predicted octanol–water partition coefficient (Wildman–Crippen LogP) is 14.7. The predicted molar refractivity (Wildman–Crippen MR) is 323 cm³/mol. The van der Waals surface area contributed by atoms with Gasteiger partial charge in [0, 0.05) is 92.6 Å². The van der Waals surface area contributed by atoms with Crippen LogP contribution in [0.3, 0.4) is 0 Å². The highest BCUT2D eigenvalue weighted by Crippen LogP contribution is 2.44. The molecule has 9 rings (SSSR count). The third kappa shape index (κ3) is 18.0. The molecule has 4 aliphatic rings. The van der Waals surface area contributed by atoms with Crippen LogP contribution in [-0.4, -0.2) is 89.7 Å². The molecule has 14 nitrogen and oxygen atoms in total. The molecule has 5 aromatic carbocycles. The van der Waals surface area contributed by atoms with Gasteiger partial charge in [-0.3, -0.25) is 28.8 Å². The third-order valence-corrected chi connectivity index (χ3v) is 16.1. The van der Waals surface area contributed by atoms with E-state index in [1.54, 1.807) is 21.6 Å². The molecule has 3 unspecified atom stereocenters. The van der Waals surface area contributed by atoms with E-state index in [1.807, 2.05) is 103 Å². The summed E-state index contributed by atoms with van der Waals surface area (Å²) in [5.41, 5.74) is 3.01. The number of benzene rings is 5. The molecule has 2 N–H and O–H groups in total. The highest BCUT2D eigenvalue weighted by Gasteiger charge is 2.51. The number of halogens is 10. The molecule has 0 bridgehead atoms. The van der Waals surface area contributed by atoms with Crippen molar-refractivity contribution in [2.45, 2.75) is 119 Å². The second-order valence-corrected chi connectivity index (χ2v) is 22.7. The summed E-state index contributed by atoms with van der Waals surface area (Å²) in [6.45, 7) is 18.4. The maximum Gasteiger partial charge on any atom is 0.416 e. The van der Waals surface area contributed by atoms with Crippen LogP contribution in [0.4, 0.5) is 68.0 Å². The van der Waals surface area contributed by atoms with Crippen LogP contribution in [0.5, 0.6) is 0 Å². The van der Waals surface area contributed by atoms with Crippen molar-refractivity contribution < 1.29 is 82.5 Å². The molecule has 0 aromatic heterocycles. The molecule has 0 aliphatic carbocycles. The third-order valence-electron chi connectivity index (χ3n) is 15.9. The SMILES string of the molecule is C1CCOC1.CCC1(C(=O)Nc2cc(Cl)cc(C(F)(F)F)c2)CC(=O)N(c2c(C)cccc2C)C1.CCC1(C(=O)OC)CC(=O)N(c2c(C)cccc2C)C1.CNc1cc(C(F)(F)F)cc(C(F)(F)F)c1.COC(=O)C1CC(=O)N(c2c(C)cccc2C)C1. The van der Waals surface area contributed by atoms with Crippen molar-refractivity contribution in [3.05, 3.63) is 146 Å². The molecule has 4 heterocycles. The molecule has 4 saturated heterocycles. The lowest BCUT2D eigenvalue weighted by atomic mass is 9.83. The number of aryl methyl sites for hydroxylation is 6. The van der Waals surface area contributed by atoms with Crippen molar-refractivity contribution in [3.8, 4) is 0 Å². The number of rotatable bonds is 10. The van der Waals surface area contributed by atoms with E-state index < -0.39 is 52.0 Å². The van der Waals surface area contributed by atoms with Crippen molar-refractivity contribution in [1.29, 1.82) is 0 Å². The molecular formula is C65H75ClF9N5O9. The quantitative estimate of drug-likeness (QED) is 0.102. The van der Waals surface area contributed by atoms with E-state index in [9.17, 15) is 68.3 Å². The van der Waals surface area contributed by atoms with Gasteiger partial charge in [-0.05, 0) is 137 Å². The Balaban J connectivity index is 0.000000216. The lowest BCUT2D eigenvalue weighted by Gasteiger charge is -2.27. The van der Waals surface area contributed by atoms with Gasteiger partial charge in [0.1, 0.15) is 0 Å². The smallest absolute Gasteiger partial charge is 0.416 e. The van der Waals surface area contributed by atoms with Crippen molar-refractivity contribution in [2.75, 3.05) is 79.4 Å². The van der Waals surface area contributed by atoms with E-state index in [1.165, 1.54) is 40.2 Å². The fourth-order valence-corrected chi connectivity index (χ4v) is 11.2. The van der Waals surface area contributed by atoms with Crippen LogP contribution in [0.1, 0.15) is 109 Å². The minimum absolute atomic E-state index is 0.00495. The standard InChI is InChI=1S/C22H22ClF3N2O2.C16H21NO3.C14H17NO3.C9H7F6N.C4H8O/c1-4-21(11-18(29)28(12-21)19-13(2)6-5-7-14(19)3)20(30)27-17-9-15(22(24,25)26)8-16(23)10-17;1-5-16(15(19)20-4)9-13(18)17(10-16)14-11(2)7-6-8-12(14)3;1-9-5-4-6-10(2)13(9)15-8-11(7-12(15)16)14(17)18-3;1-16-7-3-5(8(10,11)12)2-6(4-7)9(13,14)15;1-2-4-5-3-1/h5-10H,4,11-12H2,1-3H3,(H,27,30);6-8H,5,9-10H2,1-4H3;4-6,11H,7-8H2,1-3H3;2-4,16H,1H3;1-4H2. The first kappa shape index (κ1) is 72.1. The summed E-state index contributed by atoms with van der Waals surface area (Å²) in [4.78, 5) is 79.0. The van der Waals surface area contributed by atoms with Crippen molar-refractivity contribution in [3.63, 3.8) is 0 Å². The summed E-state index contributed by atoms with van der Waals surface area (Å²) in [6.07, 6.45) is -10.2. The monoisotopic (exact) mass is 1280 g/mol. The van der Waals surface area contributed by atoms with Gasteiger partial charge >= 0.3 is 30.5 Å². The molecule has 3 atom stereocenters. The van der Waals surface area contributed by atoms with E-state index in [4.69, 9.17) is 25.8 Å². The van der Waals surface area contributed by atoms with Gasteiger partial charge in [0.25, 0.3) is 0 Å². The van der Waals surface area contributed by atoms with Crippen LogP contribution < -0.4 is 25.3 Å². The largest absolute Gasteiger partial charge is 0.469 e. The van der Waals surface area contributed by atoms with Crippen molar-refractivity contribution in [2.24, 2.45) is 16.7 Å². The number of carbonyl (C=O) groups excluding carboxylic acids is 6. The Kier molecular flexibility index (Phi) is 24.5. The summed E-state index contributed by atoms with van der Waals surface area (Å²) in [5.74, 6) is -1.65. The Morgan fingerprint density at radius 3 is 1.34 bits per heavy atom. The number of anilines is 5. The number of hydrogen-bond donors (Lipinski definition) is 2. The minimum Gasteiger partial charge on any atom is -0.469 e. The number of hydrogen-bond acceptors (Lipinski definition) is 10. The number of esters is 2. The van der Waals surface area contributed by atoms with E-state index in [-0.39, 0.29) is 83.8 Å². The number of nitrogens with one attached hydrogen (secondary N) is 2. The Labute approximate surface area is 517 Å². The van der Waals surface area contributed by atoms with Crippen LogP contribution in [0.2, 0.25) is 5.02 Å². The van der Waals surface area contributed by atoms with Crippen LogP contribution in [-0.2, 0) is 61.5 Å². The lowest BCUT2D eigenvalue weighted by molar-refractivity contribution is -0.152. The van der Waals surface area contributed by atoms with Crippen LogP contribution in [0.25, 0.3) is 0 Å². The molecule has 89 heavy (non-hydrogen) atoms. The number of para-hydroxylation sites is 3. The van der Waals surface area contributed by atoms with E-state index in [0.29, 0.717) is 38.1 Å². The molecule has 4 aliphatic heterocycles. The van der Waals surface area contributed by atoms with Gasteiger partial charge in [-0.2, -0.15) is 39.5 Å². The highest BCUT2D eigenvalue weighted by atomic mass is 35.5. The number of ether oxygens (including phenoxy) is 3. The van der Waals surface area contributed by atoms with E-state index in [2.05, 4.69) is 10.6 Å². The summed E-state index contributed by atoms with van der Waals surface area (Å²) >= 11 is 5.82. The number of carbonyl (C=O) groups is 6. The second kappa shape index (κ2) is 30.2. The van der Waals surface area contributed by atoms with Gasteiger partial charge < -0.3 is 39.5 Å². The van der Waals surface area contributed by atoms with Crippen molar-refractivity contribution >= 4 is 75.6 Å². The molecular weight excluding hydrogens is 1200 g/mol. The number of methoxy groups -OCH3 is 2. The summed E-state index contributed by atoms with van der Waals surface area (Å²) < 4.78 is 127. The molecule has 0 saturated carbocycles. The normalized spacial score (nSPS) is 19.0. The topological polar surface area (TPSA) is 164 Å². The number of nitrogens with zero attached hydrogens (tertiary/aromatic N) is 3. The Morgan fingerprint density at radius 1 is 0.573 bits per heavy atom. The molecule has 484 valence electrons. The fourth-order valence-electron chi connectivity index (χ4n) is 11.0. The molecule has 5 aromatic rings. The molecule has 24 heteroatoms.